The quantitative estimate of drug-likeness (QED) is 0.779. The summed E-state index contributed by atoms with van der Waals surface area (Å²) >= 11 is 0. The van der Waals surface area contributed by atoms with Gasteiger partial charge in [-0.05, 0) is 30.3 Å². The predicted molar refractivity (Wildman–Crippen MR) is 56.9 cm³/mol. The number of carbonyl (C=O) groups excluding carboxylic acids is 1. The molecule has 4 heteroatoms. The van der Waals surface area contributed by atoms with Gasteiger partial charge in [0.05, 0.1) is 0 Å². The van der Waals surface area contributed by atoms with Gasteiger partial charge in [0.25, 0.3) is 0 Å². The van der Waals surface area contributed by atoms with Crippen LogP contribution in [0.3, 0.4) is 0 Å². The molecule has 0 spiro atoms. The number of rotatable bonds is 2. The van der Waals surface area contributed by atoms with Crippen LogP contribution in [0.4, 0.5) is 4.39 Å². The maximum atomic E-state index is 12.6. The predicted octanol–water partition coefficient (Wildman–Crippen LogP) is 1.75. The van der Waals surface area contributed by atoms with Crippen molar-refractivity contribution in [2.24, 2.45) is 0 Å². The smallest absolute Gasteiger partial charge is 0.247 e. The lowest BCUT2D eigenvalue weighted by Crippen LogP contribution is -2.07. The number of hydrogen-bond acceptors (Lipinski definition) is 2. The second kappa shape index (κ2) is 4.10. The van der Waals surface area contributed by atoms with E-state index in [1.54, 1.807) is 0 Å². The van der Waals surface area contributed by atoms with E-state index in [1.807, 2.05) is 0 Å². The van der Waals surface area contributed by atoms with E-state index < -0.39 is 5.82 Å². The lowest BCUT2D eigenvalue weighted by Gasteiger charge is -1.99. The normalized spacial score (nSPS) is 10.1. The van der Waals surface area contributed by atoms with E-state index in [0.717, 1.165) is 0 Å². The van der Waals surface area contributed by atoms with Crippen LogP contribution in [0.15, 0.2) is 47.4 Å². The maximum absolute atomic E-state index is 12.6. The molecule has 0 fully saturated rings. The van der Waals surface area contributed by atoms with Crippen molar-refractivity contribution in [1.82, 2.24) is 4.98 Å². The van der Waals surface area contributed by atoms with Gasteiger partial charge >= 0.3 is 0 Å². The molecule has 0 saturated carbocycles. The number of pyridine rings is 1. The molecule has 0 aliphatic rings. The number of hydrogen-bond donors (Lipinski definition) is 1. The van der Waals surface area contributed by atoms with Crippen molar-refractivity contribution in [2.45, 2.75) is 0 Å². The topological polar surface area (TPSA) is 49.9 Å². The number of aromatic amines is 1. The van der Waals surface area contributed by atoms with Crippen LogP contribution in [0.5, 0.6) is 0 Å². The van der Waals surface area contributed by atoms with Crippen LogP contribution in [0.2, 0.25) is 0 Å². The van der Waals surface area contributed by atoms with Crippen molar-refractivity contribution in [2.75, 3.05) is 0 Å². The fourth-order valence-corrected chi connectivity index (χ4v) is 1.32. The van der Waals surface area contributed by atoms with Gasteiger partial charge in [-0.25, -0.2) is 4.39 Å². The van der Waals surface area contributed by atoms with Crippen molar-refractivity contribution >= 4 is 5.78 Å². The van der Waals surface area contributed by atoms with E-state index in [1.165, 1.54) is 42.6 Å². The third-order valence-corrected chi connectivity index (χ3v) is 2.15. The first-order valence-corrected chi connectivity index (χ1v) is 4.66. The van der Waals surface area contributed by atoms with E-state index in [-0.39, 0.29) is 11.3 Å². The molecule has 0 aliphatic heterocycles. The Morgan fingerprint density at radius 3 is 2.19 bits per heavy atom. The number of aromatic nitrogens is 1. The zero-order chi connectivity index (χ0) is 11.5. The van der Waals surface area contributed by atoms with Crippen molar-refractivity contribution in [3.8, 4) is 0 Å². The molecule has 80 valence electrons. The Labute approximate surface area is 90.6 Å². The Kier molecular flexibility index (Phi) is 2.64. The van der Waals surface area contributed by atoms with E-state index in [9.17, 15) is 14.0 Å². The number of benzene rings is 1. The molecule has 3 nitrogen and oxygen atoms in total. The molecule has 0 saturated heterocycles. The van der Waals surface area contributed by atoms with E-state index in [2.05, 4.69) is 4.98 Å². The van der Waals surface area contributed by atoms with Crippen LogP contribution in [0.25, 0.3) is 0 Å². The minimum absolute atomic E-state index is 0.253. The molecule has 2 rings (SSSR count). The van der Waals surface area contributed by atoms with Crippen molar-refractivity contribution in [3.63, 3.8) is 0 Å². The third kappa shape index (κ3) is 2.06. The van der Waals surface area contributed by atoms with Crippen LogP contribution in [0, 0.1) is 5.82 Å². The lowest BCUT2D eigenvalue weighted by atomic mass is 10.1. The first-order valence-electron chi connectivity index (χ1n) is 4.66. The molecular formula is C12H8FNO2. The highest BCUT2D eigenvalue weighted by Gasteiger charge is 2.08. The number of H-pyrrole nitrogens is 1. The van der Waals surface area contributed by atoms with Gasteiger partial charge in [-0.15, -0.1) is 0 Å². The monoisotopic (exact) mass is 217 g/mol. The summed E-state index contributed by atoms with van der Waals surface area (Å²) in [6.07, 6.45) is 1.34. The van der Waals surface area contributed by atoms with E-state index in [0.29, 0.717) is 11.1 Å². The Morgan fingerprint density at radius 1 is 1.00 bits per heavy atom. The van der Waals surface area contributed by atoms with Gasteiger partial charge in [-0.3, -0.25) is 9.59 Å². The van der Waals surface area contributed by atoms with E-state index in [4.69, 9.17) is 0 Å². The molecule has 1 heterocycles. The first-order chi connectivity index (χ1) is 7.66. The molecule has 0 aliphatic carbocycles. The maximum Gasteiger partial charge on any atom is 0.247 e. The van der Waals surface area contributed by atoms with Crippen molar-refractivity contribution in [3.05, 3.63) is 69.9 Å². The number of carbonyl (C=O) groups is 1. The number of nitrogens with one attached hydrogen (secondary N) is 1. The number of ketones is 1. The second-order valence-electron chi connectivity index (χ2n) is 3.28. The Morgan fingerprint density at radius 2 is 1.62 bits per heavy atom. The van der Waals surface area contributed by atoms with Crippen molar-refractivity contribution < 1.29 is 9.18 Å². The number of halogens is 1. The van der Waals surface area contributed by atoms with Gasteiger partial charge in [-0.2, -0.15) is 0 Å². The summed E-state index contributed by atoms with van der Waals surface area (Å²) in [7, 11) is 0. The summed E-state index contributed by atoms with van der Waals surface area (Å²) < 4.78 is 12.6. The van der Waals surface area contributed by atoms with Gasteiger partial charge in [0, 0.05) is 23.4 Å². The zero-order valence-corrected chi connectivity index (χ0v) is 8.24. The minimum Gasteiger partial charge on any atom is -0.328 e. The van der Waals surface area contributed by atoms with Crippen LogP contribution < -0.4 is 5.56 Å². The van der Waals surface area contributed by atoms with Crippen molar-refractivity contribution in [1.29, 1.82) is 0 Å². The highest BCUT2D eigenvalue weighted by Crippen LogP contribution is 2.08. The molecule has 0 radical (unpaired) electrons. The van der Waals surface area contributed by atoms with Crippen LogP contribution in [0.1, 0.15) is 15.9 Å². The average Bonchev–Trinajstić information content (AvgIpc) is 2.30. The van der Waals surface area contributed by atoms with Crippen LogP contribution in [-0.2, 0) is 0 Å². The van der Waals surface area contributed by atoms with Gasteiger partial charge in [0.2, 0.25) is 5.56 Å². The SMILES string of the molecule is O=C(c1ccc(F)cc1)c1ccc(=O)[nH]c1. The summed E-state index contributed by atoms with van der Waals surface area (Å²) in [4.78, 5) is 25.0. The highest BCUT2D eigenvalue weighted by atomic mass is 19.1. The minimum atomic E-state index is -0.391. The molecule has 0 bridgehead atoms. The molecule has 2 aromatic rings. The van der Waals surface area contributed by atoms with Gasteiger partial charge in [0.1, 0.15) is 5.82 Å². The lowest BCUT2D eigenvalue weighted by molar-refractivity contribution is 0.103. The standard InChI is InChI=1S/C12H8FNO2/c13-10-4-1-8(2-5-10)12(16)9-3-6-11(15)14-7-9/h1-7H,(H,14,15). The van der Waals surface area contributed by atoms with Gasteiger partial charge in [0.15, 0.2) is 5.78 Å². The summed E-state index contributed by atoms with van der Waals surface area (Å²) in [5.41, 5.74) is 0.482. The van der Waals surface area contributed by atoms with Gasteiger partial charge < -0.3 is 4.98 Å². The fraction of sp³-hybridized carbons (Fsp3) is 0. The fourth-order valence-electron chi connectivity index (χ4n) is 1.32. The molecule has 0 atom stereocenters. The Balaban J connectivity index is 2.35. The third-order valence-electron chi connectivity index (χ3n) is 2.15. The van der Waals surface area contributed by atoms with Crippen LogP contribution >= 0.6 is 0 Å². The zero-order valence-electron chi connectivity index (χ0n) is 8.24. The summed E-state index contributed by atoms with van der Waals surface area (Å²) in [5.74, 6) is -0.644. The Bertz CT molecular complexity index is 552. The van der Waals surface area contributed by atoms with E-state index >= 15 is 0 Å². The Hall–Kier alpha value is -2.23. The molecule has 1 aromatic carbocycles. The summed E-state index contributed by atoms with van der Waals surface area (Å²) in [6.45, 7) is 0. The first kappa shape index (κ1) is 10.3. The molecular weight excluding hydrogens is 209 g/mol. The molecule has 0 unspecified atom stereocenters. The van der Waals surface area contributed by atoms with Gasteiger partial charge in [-0.1, -0.05) is 0 Å². The molecule has 16 heavy (non-hydrogen) atoms. The summed E-state index contributed by atoms with van der Waals surface area (Å²) in [5, 5.41) is 0. The average molecular weight is 217 g/mol. The molecule has 0 amide bonds. The molecule has 1 aromatic heterocycles. The highest BCUT2D eigenvalue weighted by molar-refractivity contribution is 6.08. The summed E-state index contributed by atoms with van der Waals surface area (Å²) in [6, 6.07) is 7.96. The van der Waals surface area contributed by atoms with Crippen LogP contribution in [-0.4, -0.2) is 10.8 Å². The molecule has 1 N–H and O–H groups in total. The largest absolute Gasteiger partial charge is 0.328 e. The second-order valence-corrected chi connectivity index (χ2v) is 3.28.